The number of nitrogens with zero attached hydrogens (tertiary/aromatic N) is 3. The van der Waals surface area contributed by atoms with Gasteiger partial charge in [0, 0.05) is 23.4 Å². The number of para-hydroxylation sites is 2. The van der Waals surface area contributed by atoms with Gasteiger partial charge < -0.3 is 10.2 Å². The van der Waals surface area contributed by atoms with Crippen molar-refractivity contribution in [3.8, 4) is 11.1 Å². The van der Waals surface area contributed by atoms with Gasteiger partial charge in [-0.25, -0.2) is 4.98 Å². The third-order valence-electron chi connectivity index (χ3n) is 5.86. The van der Waals surface area contributed by atoms with Crippen LogP contribution in [0.1, 0.15) is 18.9 Å². The molecule has 7 nitrogen and oxygen atoms in total. The topological polar surface area (TPSA) is 84.3 Å². The van der Waals surface area contributed by atoms with Gasteiger partial charge in [0.25, 0.3) is 5.56 Å². The molecule has 4 aromatic rings. The molecule has 166 valence electrons. The number of rotatable bonds is 3. The number of aryl methyl sites for hydroxylation is 1. The molecule has 2 aromatic carbocycles. The van der Waals surface area contributed by atoms with Gasteiger partial charge in [-0.1, -0.05) is 42.0 Å². The first kappa shape index (κ1) is 21.1. The highest BCUT2D eigenvalue weighted by atomic mass is 32.1. The van der Waals surface area contributed by atoms with Gasteiger partial charge in [-0.2, -0.15) is 0 Å². The van der Waals surface area contributed by atoms with Crippen molar-refractivity contribution >= 4 is 44.7 Å². The zero-order valence-corrected chi connectivity index (χ0v) is 19.1. The summed E-state index contributed by atoms with van der Waals surface area (Å²) in [6, 6.07) is 14.8. The van der Waals surface area contributed by atoms with Crippen molar-refractivity contribution in [1.29, 1.82) is 0 Å². The minimum atomic E-state index is -0.349. The summed E-state index contributed by atoms with van der Waals surface area (Å²) in [7, 11) is 0. The molecule has 1 N–H and O–H groups in total. The van der Waals surface area contributed by atoms with Crippen molar-refractivity contribution in [2.45, 2.75) is 32.9 Å². The average molecular weight is 459 g/mol. The number of amides is 2. The molecule has 8 heteroatoms. The van der Waals surface area contributed by atoms with Crippen LogP contribution in [0.5, 0.6) is 0 Å². The Labute approximate surface area is 194 Å². The van der Waals surface area contributed by atoms with Crippen molar-refractivity contribution in [3.63, 3.8) is 0 Å². The molecule has 2 aromatic heterocycles. The third-order valence-corrected chi connectivity index (χ3v) is 6.74. The Morgan fingerprint density at radius 1 is 1.15 bits per heavy atom. The molecule has 0 radical (unpaired) electrons. The molecule has 0 saturated heterocycles. The standard InChI is InChI=1S/C25H22N4O3S/c1-15-7-9-17(10-8-15)18-13-33-24-23(18)25(32)28(14-26-24)12-22(31)29-16(2)11-21(30)27-19-5-3-4-6-20(19)29/h3-10,13-14,16H,11-12H2,1-2H3,(H,27,30). The molecule has 0 aliphatic carbocycles. The maximum atomic E-state index is 13.4. The Kier molecular flexibility index (Phi) is 5.30. The summed E-state index contributed by atoms with van der Waals surface area (Å²) in [4.78, 5) is 45.7. The summed E-state index contributed by atoms with van der Waals surface area (Å²) in [6.07, 6.45) is 1.60. The Morgan fingerprint density at radius 3 is 2.70 bits per heavy atom. The minimum Gasteiger partial charge on any atom is -0.324 e. The number of hydrogen-bond donors (Lipinski definition) is 1. The molecule has 1 aliphatic heterocycles. The van der Waals surface area contributed by atoms with Gasteiger partial charge in [-0.3, -0.25) is 19.0 Å². The van der Waals surface area contributed by atoms with Gasteiger partial charge in [0.1, 0.15) is 11.4 Å². The largest absolute Gasteiger partial charge is 0.324 e. The smallest absolute Gasteiger partial charge is 0.263 e. The highest BCUT2D eigenvalue weighted by Crippen LogP contribution is 2.32. The van der Waals surface area contributed by atoms with Crippen LogP contribution in [0.2, 0.25) is 0 Å². The van der Waals surface area contributed by atoms with Crippen LogP contribution in [-0.2, 0) is 16.1 Å². The highest BCUT2D eigenvalue weighted by Gasteiger charge is 2.30. The number of nitrogens with one attached hydrogen (secondary N) is 1. The van der Waals surface area contributed by atoms with Gasteiger partial charge in [0.2, 0.25) is 11.8 Å². The molecular weight excluding hydrogens is 436 g/mol. The molecule has 0 saturated carbocycles. The fourth-order valence-corrected chi connectivity index (χ4v) is 5.12. The number of fused-ring (bicyclic) bond motifs is 2. The van der Waals surface area contributed by atoms with E-state index in [0.717, 1.165) is 16.7 Å². The second-order valence-electron chi connectivity index (χ2n) is 8.26. The first-order valence-corrected chi connectivity index (χ1v) is 11.5. The number of thiophene rings is 1. The van der Waals surface area contributed by atoms with Crippen LogP contribution in [0.4, 0.5) is 11.4 Å². The molecule has 2 amide bonds. The summed E-state index contributed by atoms with van der Waals surface area (Å²) in [6.45, 7) is 3.68. The molecule has 3 heterocycles. The van der Waals surface area contributed by atoms with Crippen LogP contribution in [0, 0.1) is 6.92 Å². The Morgan fingerprint density at radius 2 is 1.91 bits per heavy atom. The molecular formula is C25H22N4O3S. The van der Waals surface area contributed by atoms with Gasteiger partial charge in [-0.15, -0.1) is 11.3 Å². The molecule has 5 rings (SSSR count). The number of benzene rings is 2. The first-order valence-electron chi connectivity index (χ1n) is 10.7. The summed E-state index contributed by atoms with van der Waals surface area (Å²) in [5.74, 6) is -0.423. The summed E-state index contributed by atoms with van der Waals surface area (Å²) in [5.41, 5.74) is 3.85. The van der Waals surface area contributed by atoms with E-state index in [2.05, 4.69) is 10.3 Å². The van der Waals surface area contributed by atoms with Gasteiger partial charge in [0.15, 0.2) is 0 Å². The van der Waals surface area contributed by atoms with Crippen LogP contribution in [-0.4, -0.2) is 27.4 Å². The quantitative estimate of drug-likeness (QED) is 0.499. The van der Waals surface area contributed by atoms with Gasteiger partial charge in [0.05, 0.1) is 23.1 Å². The van der Waals surface area contributed by atoms with E-state index in [1.165, 1.54) is 22.2 Å². The lowest BCUT2D eigenvalue weighted by Gasteiger charge is -2.28. The molecule has 0 bridgehead atoms. The van der Waals surface area contributed by atoms with Crippen molar-refractivity contribution in [2.24, 2.45) is 0 Å². The van der Waals surface area contributed by atoms with E-state index in [4.69, 9.17) is 0 Å². The maximum Gasteiger partial charge on any atom is 0.263 e. The number of carbonyl (C=O) groups excluding carboxylic acids is 2. The predicted molar refractivity (Wildman–Crippen MR) is 131 cm³/mol. The summed E-state index contributed by atoms with van der Waals surface area (Å²) < 4.78 is 1.35. The van der Waals surface area contributed by atoms with Crippen LogP contribution < -0.4 is 15.8 Å². The van der Waals surface area contributed by atoms with E-state index >= 15 is 0 Å². The van der Waals surface area contributed by atoms with E-state index in [9.17, 15) is 14.4 Å². The van der Waals surface area contributed by atoms with Gasteiger partial charge >= 0.3 is 0 Å². The average Bonchev–Trinajstić information content (AvgIpc) is 3.17. The molecule has 0 spiro atoms. The van der Waals surface area contributed by atoms with Crippen molar-refractivity contribution in [1.82, 2.24) is 9.55 Å². The fraction of sp³-hybridized carbons (Fsp3) is 0.200. The Bertz CT molecular complexity index is 1440. The lowest BCUT2D eigenvalue weighted by atomic mass is 10.1. The summed E-state index contributed by atoms with van der Waals surface area (Å²) in [5, 5.41) is 5.30. The molecule has 1 aliphatic rings. The van der Waals surface area contributed by atoms with Crippen LogP contribution in [0.25, 0.3) is 21.3 Å². The number of hydrogen-bond acceptors (Lipinski definition) is 5. The zero-order chi connectivity index (χ0) is 23.1. The van der Waals surface area contributed by atoms with Crippen LogP contribution in [0.15, 0.2) is 65.0 Å². The SMILES string of the molecule is Cc1ccc(-c2csc3ncn(CC(=O)N4c5ccccc5NC(=O)CC4C)c(=O)c23)cc1. The van der Waals surface area contributed by atoms with Crippen molar-refractivity contribution < 1.29 is 9.59 Å². The first-order chi connectivity index (χ1) is 15.9. The van der Waals surface area contributed by atoms with E-state index in [0.29, 0.717) is 21.6 Å². The van der Waals surface area contributed by atoms with E-state index in [-0.39, 0.29) is 36.4 Å². The highest BCUT2D eigenvalue weighted by molar-refractivity contribution is 7.17. The second-order valence-corrected chi connectivity index (χ2v) is 9.11. The lowest BCUT2D eigenvalue weighted by Crippen LogP contribution is -2.42. The van der Waals surface area contributed by atoms with Crippen molar-refractivity contribution in [2.75, 3.05) is 10.2 Å². The Hall–Kier alpha value is -3.78. The van der Waals surface area contributed by atoms with E-state index in [1.807, 2.05) is 55.6 Å². The molecule has 0 fully saturated rings. The monoisotopic (exact) mass is 458 g/mol. The third kappa shape index (κ3) is 3.82. The number of anilines is 2. The fourth-order valence-electron chi connectivity index (χ4n) is 4.22. The molecule has 1 atom stereocenters. The second kappa shape index (κ2) is 8.29. The zero-order valence-electron chi connectivity index (χ0n) is 18.2. The molecule has 33 heavy (non-hydrogen) atoms. The van der Waals surface area contributed by atoms with Crippen LogP contribution >= 0.6 is 11.3 Å². The van der Waals surface area contributed by atoms with E-state index < -0.39 is 0 Å². The van der Waals surface area contributed by atoms with Crippen LogP contribution in [0.3, 0.4) is 0 Å². The lowest BCUT2D eigenvalue weighted by molar-refractivity contribution is -0.120. The molecule has 1 unspecified atom stereocenters. The number of aromatic nitrogens is 2. The predicted octanol–water partition coefficient (Wildman–Crippen LogP) is 4.20. The van der Waals surface area contributed by atoms with E-state index in [1.54, 1.807) is 17.0 Å². The Balaban J connectivity index is 1.53. The normalized spacial score (nSPS) is 15.8. The van der Waals surface area contributed by atoms with Crippen molar-refractivity contribution in [3.05, 3.63) is 76.2 Å². The summed E-state index contributed by atoms with van der Waals surface area (Å²) >= 11 is 1.41. The maximum absolute atomic E-state index is 13.4. The minimum absolute atomic E-state index is 0.147. The number of carbonyl (C=O) groups is 2. The van der Waals surface area contributed by atoms with Gasteiger partial charge in [-0.05, 0) is 31.5 Å².